The molecule has 19 heavy (non-hydrogen) atoms. The molecule has 106 valence electrons. The summed E-state index contributed by atoms with van der Waals surface area (Å²) in [4.78, 5) is 1.61. The summed E-state index contributed by atoms with van der Waals surface area (Å²) >= 11 is 1.95. The molecule has 4 rings (SSSR count). The minimum atomic E-state index is 0. The van der Waals surface area contributed by atoms with Crippen molar-refractivity contribution >= 4 is 23.7 Å². The van der Waals surface area contributed by atoms with E-state index in [1.165, 1.54) is 38.6 Å². The van der Waals surface area contributed by atoms with Gasteiger partial charge in [-0.25, -0.2) is 0 Å². The minimum absolute atomic E-state index is 0. The Morgan fingerprint density at radius 1 is 1.16 bits per heavy atom. The third-order valence-corrected chi connectivity index (χ3v) is 6.31. The van der Waals surface area contributed by atoms with Gasteiger partial charge in [-0.15, -0.1) is 23.7 Å². The molecule has 1 heterocycles. The van der Waals surface area contributed by atoms with Gasteiger partial charge in [0.1, 0.15) is 0 Å². The lowest BCUT2D eigenvalue weighted by Crippen LogP contribution is -2.26. The molecule has 0 saturated heterocycles. The van der Waals surface area contributed by atoms with Crippen LogP contribution in [-0.2, 0) is 6.54 Å². The van der Waals surface area contributed by atoms with Crippen LogP contribution >= 0.6 is 23.7 Å². The number of hydrogen-bond acceptors (Lipinski definition) is 2. The first kappa shape index (κ1) is 13.9. The molecule has 1 aromatic rings. The summed E-state index contributed by atoms with van der Waals surface area (Å²) in [5.74, 6) is 4.06. The van der Waals surface area contributed by atoms with Gasteiger partial charge in [-0.1, -0.05) is 6.42 Å². The molecule has 1 nitrogen and oxygen atoms in total. The van der Waals surface area contributed by atoms with Crippen molar-refractivity contribution in [1.29, 1.82) is 0 Å². The van der Waals surface area contributed by atoms with Crippen molar-refractivity contribution in [2.45, 2.75) is 51.0 Å². The predicted molar refractivity (Wildman–Crippen MR) is 84.2 cm³/mol. The fraction of sp³-hybridized carbons (Fsp3) is 0.750. The molecule has 0 unspecified atom stereocenters. The first-order chi connectivity index (χ1) is 8.90. The van der Waals surface area contributed by atoms with Crippen LogP contribution in [0.1, 0.15) is 54.9 Å². The Hall–Kier alpha value is -0.0500. The zero-order valence-corrected chi connectivity index (χ0v) is 13.1. The normalized spacial score (nSPS) is 32.5. The maximum atomic E-state index is 3.75. The Labute approximate surface area is 126 Å². The Kier molecular flexibility index (Phi) is 4.21. The summed E-state index contributed by atoms with van der Waals surface area (Å²) in [6.07, 6.45) is 8.95. The van der Waals surface area contributed by atoms with Crippen molar-refractivity contribution in [2.75, 3.05) is 6.54 Å². The monoisotopic (exact) mass is 297 g/mol. The van der Waals surface area contributed by atoms with Gasteiger partial charge in [0.25, 0.3) is 0 Å². The molecule has 2 bridgehead atoms. The van der Waals surface area contributed by atoms with Crippen LogP contribution in [-0.4, -0.2) is 6.54 Å². The van der Waals surface area contributed by atoms with Crippen molar-refractivity contribution < 1.29 is 0 Å². The van der Waals surface area contributed by atoms with Crippen LogP contribution in [0.15, 0.2) is 11.4 Å². The van der Waals surface area contributed by atoms with E-state index in [1.807, 2.05) is 11.3 Å². The zero-order chi connectivity index (χ0) is 11.9. The van der Waals surface area contributed by atoms with Crippen molar-refractivity contribution in [2.24, 2.45) is 17.8 Å². The topological polar surface area (TPSA) is 12.0 Å². The highest BCUT2D eigenvalue weighted by atomic mass is 35.5. The second-order valence-corrected chi connectivity index (χ2v) is 7.64. The van der Waals surface area contributed by atoms with Crippen molar-refractivity contribution in [1.82, 2.24) is 5.32 Å². The molecule has 0 spiro atoms. The number of rotatable bonds is 5. The molecule has 3 saturated carbocycles. The van der Waals surface area contributed by atoms with E-state index >= 15 is 0 Å². The third kappa shape index (κ3) is 2.86. The molecule has 1 N–H and O–H groups in total. The summed E-state index contributed by atoms with van der Waals surface area (Å²) in [5, 5.41) is 6.03. The molecule has 0 radical (unpaired) electrons. The summed E-state index contributed by atoms with van der Waals surface area (Å²) < 4.78 is 0. The SMILES string of the molecule is Cl.c1cc(C2CC2)c(CNC[C@H]2C[C@@H]3CC[C@H]2C3)s1. The Morgan fingerprint density at radius 3 is 2.74 bits per heavy atom. The lowest BCUT2D eigenvalue weighted by atomic mass is 9.89. The second kappa shape index (κ2) is 5.75. The molecule has 3 atom stereocenters. The Morgan fingerprint density at radius 2 is 2.05 bits per heavy atom. The third-order valence-electron chi connectivity index (χ3n) is 5.37. The molecule has 3 heteroatoms. The van der Waals surface area contributed by atoms with Crippen molar-refractivity contribution in [3.63, 3.8) is 0 Å². The van der Waals surface area contributed by atoms with E-state index in [4.69, 9.17) is 0 Å². The highest BCUT2D eigenvalue weighted by Gasteiger charge is 2.38. The first-order valence-electron chi connectivity index (χ1n) is 7.67. The van der Waals surface area contributed by atoms with Crippen LogP contribution in [0.25, 0.3) is 0 Å². The highest BCUT2D eigenvalue weighted by molar-refractivity contribution is 7.10. The second-order valence-electron chi connectivity index (χ2n) is 6.64. The van der Waals surface area contributed by atoms with Crippen molar-refractivity contribution in [3.8, 4) is 0 Å². The van der Waals surface area contributed by atoms with Gasteiger partial charge in [-0.3, -0.25) is 0 Å². The van der Waals surface area contributed by atoms with Crippen LogP contribution < -0.4 is 5.32 Å². The Bertz CT molecular complexity index is 426. The van der Waals surface area contributed by atoms with E-state index in [1.54, 1.807) is 16.9 Å². The Balaban J connectivity index is 0.00000110. The largest absolute Gasteiger partial charge is 0.312 e. The lowest BCUT2D eigenvalue weighted by molar-refractivity contribution is 0.319. The number of hydrogen-bond donors (Lipinski definition) is 1. The van der Waals surface area contributed by atoms with E-state index in [0.29, 0.717) is 0 Å². The molecule has 0 amide bonds. The van der Waals surface area contributed by atoms with Crippen LogP contribution in [0.3, 0.4) is 0 Å². The number of thiophene rings is 1. The van der Waals surface area contributed by atoms with Gasteiger partial charge in [0.2, 0.25) is 0 Å². The van der Waals surface area contributed by atoms with Gasteiger partial charge in [0, 0.05) is 11.4 Å². The smallest absolute Gasteiger partial charge is 0.0302 e. The van der Waals surface area contributed by atoms with E-state index in [0.717, 1.165) is 30.2 Å². The molecular formula is C16H24ClNS. The molecule has 0 aliphatic heterocycles. The molecular weight excluding hydrogens is 274 g/mol. The average Bonchev–Trinajstić information content (AvgIpc) is 2.83. The van der Waals surface area contributed by atoms with Gasteiger partial charge in [0.15, 0.2) is 0 Å². The van der Waals surface area contributed by atoms with Gasteiger partial charge < -0.3 is 5.32 Å². The number of fused-ring (bicyclic) bond motifs is 2. The average molecular weight is 298 g/mol. The molecule has 1 aromatic heterocycles. The molecule has 3 aliphatic rings. The molecule has 3 fully saturated rings. The summed E-state index contributed by atoms with van der Waals surface area (Å²) in [6.45, 7) is 2.39. The van der Waals surface area contributed by atoms with E-state index in [9.17, 15) is 0 Å². The van der Waals surface area contributed by atoms with Crippen LogP contribution in [0.5, 0.6) is 0 Å². The van der Waals surface area contributed by atoms with E-state index in [-0.39, 0.29) is 12.4 Å². The van der Waals surface area contributed by atoms with Crippen LogP contribution in [0.4, 0.5) is 0 Å². The van der Waals surface area contributed by atoms with Gasteiger partial charge in [0.05, 0.1) is 0 Å². The number of nitrogens with one attached hydrogen (secondary N) is 1. The fourth-order valence-electron chi connectivity index (χ4n) is 4.25. The maximum Gasteiger partial charge on any atom is 0.0302 e. The van der Waals surface area contributed by atoms with Crippen molar-refractivity contribution in [3.05, 3.63) is 21.9 Å². The van der Waals surface area contributed by atoms with E-state index < -0.39 is 0 Å². The van der Waals surface area contributed by atoms with Gasteiger partial charge >= 0.3 is 0 Å². The van der Waals surface area contributed by atoms with Crippen LogP contribution in [0, 0.1) is 17.8 Å². The quantitative estimate of drug-likeness (QED) is 0.839. The molecule has 3 aliphatic carbocycles. The van der Waals surface area contributed by atoms with Gasteiger partial charge in [-0.05, 0) is 79.3 Å². The first-order valence-corrected chi connectivity index (χ1v) is 8.55. The summed E-state index contributed by atoms with van der Waals surface area (Å²) in [5.41, 5.74) is 1.65. The maximum absolute atomic E-state index is 3.75. The lowest BCUT2D eigenvalue weighted by Gasteiger charge is -2.21. The van der Waals surface area contributed by atoms with Gasteiger partial charge in [-0.2, -0.15) is 0 Å². The minimum Gasteiger partial charge on any atom is -0.312 e. The molecule has 0 aromatic carbocycles. The predicted octanol–water partition coefficient (Wildman–Crippen LogP) is 4.57. The standard InChI is InChI=1S/C16H23NS.ClH/c1-2-13-7-11(1)8-14(13)9-17-10-16-15(5-6-18-16)12-3-4-12;/h5-6,11-14,17H,1-4,7-10H2;1H/t11-,13+,14-;/m1./s1. The number of halogens is 1. The highest BCUT2D eigenvalue weighted by Crippen LogP contribution is 2.48. The zero-order valence-electron chi connectivity index (χ0n) is 11.4. The summed E-state index contributed by atoms with van der Waals surface area (Å²) in [6, 6.07) is 2.36. The van der Waals surface area contributed by atoms with E-state index in [2.05, 4.69) is 16.8 Å². The summed E-state index contributed by atoms with van der Waals surface area (Å²) in [7, 11) is 0. The van der Waals surface area contributed by atoms with Crippen LogP contribution in [0.2, 0.25) is 0 Å². The fourth-order valence-corrected chi connectivity index (χ4v) is 5.18.